The van der Waals surface area contributed by atoms with Gasteiger partial charge in [0, 0.05) is 21.8 Å². The van der Waals surface area contributed by atoms with Gasteiger partial charge < -0.3 is 5.32 Å². The van der Waals surface area contributed by atoms with Crippen LogP contribution in [-0.4, -0.2) is 29.3 Å². The van der Waals surface area contributed by atoms with Crippen LogP contribution in [0.5, 0.6) is 0 Å². The Labute approximate surface area is 131 Å². The number of hydrogen-bond acceptors (Lipinski definition) is 4. The highest BCUT2D eigenvalue weighted by Crippen LogP contribution is 2.22. The fraction of sp³-hybridized carbons (Fsp3) is 0.412. The van der Waals surface area contributed by atoms with E-state index in [9.17, 15) is 0 Å². The number of aromatic nitrogens is 2. The third-order valence-corrected chi connectivity index (χ3v) is 4.31. The van der Waals surface area contributed by atoms with Crippen LogP contribution in [0.3, 0.4) is 0 Å². The molecule has 0 spiro atoms. The molecule has 0 radical (unpaired) electrons. The number of thioether (sulfide) groups is 1. The summed E-state index contributed by atoms with van der Waals surface area (Å²) in [6, 6.07) is 8.43. The molecule has 112 valence electrons. The topological polar surface area (TPSA) is 37.8 Å². The zero-order chi connectivity index (χ0) is 15.2. The Hall–Kier alpha value is -1.39. The predicted molar refractivity (Wildman–Crippen MR) is 91.0 cm³/mol. The average Bonchev–Trinajstić information content (AvgIpc) is 2.50. The van der Waals surface area contributed by atoms with Gasteiger partial charge in [-0.1, -0.05) is 19.1 Å². The second-order valence-electron chi connectivity index (χ2n) is 5.03. The van der Waals surface area contributed by atoms with Crippen LogP contribution in [0.25, 0.3) is 11.4 Å². The molecule has 2 rings (SSSR count). The molecule has 0 aliphatic rings. The van der Waals surface area contributed by atoms with Crippen molar-refractivity contribution in [3.63, 3.8) is 0 Å². The molecule has 2 aromatic rings. The van der Waals surface area contributed by atoms with E-state index in [-0.39, 0.29) is 0 Å². The number of hydrogen-bond donors (Lipinski definition) is 1. The zero-order valence-electron chi connectivity index (χ0n) is 13.2. The number of aryl methyl sites for hydroxylation is 2. The van der Waals surface area contributed by atoms with E-state index in [1.807, 2.05) is 0 Å². The van der Waals surface area contributed by atoms with Crippen LogP contribution in [0, 0.1) is 13.8 Å². The van der Waals surface area contributed by atoms with E-state index < -0.39 is 0 Å². The molecule has 0 aliphatic heterocycles. The van der Waals surface area contributed by atoms with E-state index in [1.165, 1.54) is 10.5 Å². The van der Waals surface area contributed by atoms with Gasteiger partial charge in [-0.2, -0.15) is 0 Å². The van der Waals surface area contributed by atoms with Crippen LogP contribution in [0.4, 0.5) is 0 Å². The van der Waals surface area contributed by atoms with Crippen LogP contribution in [-0.2, 0) is 6.42 Å². The van der Waals surface area contributed by atoms with Gasteiger partial charge in [0.25, 0.3) is 0 Å². The minimum absolute atomic E-state index is 0.824. The zero-order valence-corrected chi connectivity index (χ0v) is 14.0. The summed E-state index contributed by atoms with van der Waals surface area (Å²) in [6.07, 6.45) is 3.07. The predicted octanol–water partition coefficient (Wildman–Crippen LogP) is 3.63. The molecule has 4 heteroatoms. The first-order valence-electron chi connectivity index (χ1n) is 7.35. The molecule has 1 heterocycles. The second-order valence-corrected chi connectivity index (χ2v) is 5.91. The Morgan fingerprint density at radius 3 is 2.19 bits per heavy atom. The number of likely N-dealkylation sites (N-methyl/N-ethyl adjacent to an activating group) is 1. The lowest BCUT2D eigenvalue weighted by Gasteiger charge is -2.11. The standard InChI is InChI=1S/C17H23N3S/c1-5-18-11-10-16-12(2)19-17(20-13(16)3)14-6-8-15(21-4)9-7-14/h6-9,18H,5,10-11H2,1-4H3. The Bertz CT molecular complexity index is 570. The first kappa shape index (κ1) is 16.0. The van der Waals surface area contributed by atoms with Gasteiger partial charge in [0.15, 0.2) is 5.82 Å². The highest BCUT2D eigenvalue weighted by molar-refractivity contribution is 7.98. The molecular formula is C17H23N3S. The molecule has 0 saturated heterocycles. The first-order chi connectivity index (χ1) is 10.2. The van der Waals surface area contributed by atoms with E-state index in [4.69, 9.17) is 9.97 Å². The van der Waals surface area contributed by atoms with Crippen LogP contribution in [0.2, 0.25) is 0 Å². The number of benzene rings is 1. The van der Waals surface area contributed by atoms with Crippen molar-refractivity contribution < 1.29 is 0 Å². The van der Waals surface area contributed by atoms with Gasteiger partial charge in [-0.05, 0) is 57.3 Å². The van der Waals surface area contributed by atoms with E-state index in [1.54, 1.807) is 11.8 Å². The molecule has 1 N–H and O–H groups in total. The van der Waals surface area contributed by atoms with Crippen molar-refractivity contribution in [3.8, 4) is 11.4 Å². The molecule has 0 bridgehead atoms. The summed E-state index contributed by atoms with van der Waals surface area (Å²) in [5.74, 6) is 0.824. The van der Waals surface area contributed by atoms with Gasteiger partial charge in [-0.3, -0.25) is 0 Å². The summed E-state index contributed by atoms with van der Waals surface area (Å²) < 4.78 is 0. The number of nitrogens with zero attached hydrogens (tertiary/aromatic N) is 2. The van der Waals surface area contributed by atoms with E-state index >= 15 is 0 Å². The lowest BCUT2D eigenvalue weighted by atomic mass is 10.1. The van der Waals surface area contributed by atoms with Gasteiger partial charge in [0.05, 0.1) is 0 Å². The highest BCUT2D eigenvalue weighted by Gasteiger charge is 2.09. The van der Waals surface area contributed by atoms with Crippen molar-refractivity contribution in [3.05, 3.63) is 41.2 Å². The Kier molecular flexibility index (Phi) is 5.76. The van der Waals surface area contributed by atoms with Crippen molar-refractivity contribution >= 4 is 11.8 Å². The van der Waals surface area contributed by atoms with Gasteiger partial charge in [-0.25, -0.2) is 9.97 Å². The monoisotopic (exact) mass is 301 g/mol. The summed E-state index contributed by atoms with van der Waals surface area (Å²) in [7, 11) is 0. The fourth-order valence-electron chi connectivity index (χ4n) is 2.36. The van der Waals surface area contributed by atoms with Crippen molar-refractivity contribution in [1.82, 2.24) is 15.3 Å². The van der Waals surface area contributed by atoms with E-state index in [0.29, 0.717) is 0 Å². The SMILES string of the molecule is CCNCCc1c(C)nc(-c2ccc(SC)cc2)nc1C. The first-order valence-corrected chi connectivity index (χ1v) is 8.57. The molecule has 0 atom stereocenters. The molecule has 0 saturated carbocycles. The molecular weight excluding hydrogens is 278 g/mol. The summed E-state index contributed by atoms with van der Waals surface area (Å²) in [6.45, 7) is 8.26. The molecule has 1 aromatic carbocycles. The Morgan fingerprint density at radius 2 is 1.67 bits per heavy atom. The van der Waals surface area contributed by atoms with Gasteiger partial charge >= 0.3 is 0 Å². The van der Waals surface area contributed by atoms with Crippen LogP contribution >= 0.6 is 11.8 Å². The summed E-state index contributed by atoms with van der Waals surface area (Å²) >= 11 is 1.74. The normalized spacial score (nSPS) is 10.9. The minimum atomic E-state index is 0.824. The summed E-state index contributed by atoms with van der Waals surface area (Å²) in [5, 5.41) is 3.35. The van der Waals surface area contributed by atoms with Crippen LogP contribution < -0.4 is 5.32 Å². The Balaban J connectivity index is 2.25. The second kappa shape index (κ2) is 7.57. The van der Waals surface area contributed by atoms with Gasteiger partial charge in [0.1, 0.15) is 0 Å². The van der Waals surface area contributed by atoms with Crippen LogP contribution in [0.1, 0.15) is 23.9 Å². The Morgan fingerprint density at radius 1 is 1.05 bits per heavy atom. The smallest absolute Gasteiger partial charge is 0.159 e. The fourth-order valence-corrected chi connectivity index (χ4v) is 2.77. The lowest BCUT2D eigenvalue weighted by Crippen LogP contribution is -2.17. The van der Waals surface area contributed by atoms with Crippen LogP contribution in [0.15, 0.2) is 29.2 Å². The lowest BCUT2D eigenvalue weighted by molar-refractivity contribution is 0.708. The molecule has 0 amide bonds. The van der Waals surface area contributed by atoms with E-state index in [2.05, 4.69) is 56.6 Å². The largest absolute Gasteiger partial charge is 0.317 e. The molecule has 0 unspecified atom stereocenters. The van der Waals surface area contributed by atoms with Gasteiger partial charge in [0.2, 0.25) is 0 Å². The quantitative estimate of drug-likeness (QED) is 0.653. The number of nitrogens with one attached hydrogen (secondary N) is 1. The minimum Gasteiger partial charge on any atom is -0.317 e. The third-order valence-electron chi connectivity index (χ3n) is 3.57. The van der Waals surface area contributed by atoms with E-state index in [0.717, 1.165) is 42.3 Å². The third kappa shape index (κ3) is 4.05. The maximum atomic E-state index is 4.69. The van der Waals surface area contributed by atoms with Crippen molar-refractivity contribution in [1.29, 1.82) is 0 Å². The number of rotatable bonds is 6. The molecule has 21 heavy (non-hydrogen) atoms. The molecule has 0 fully saturated rings. The molecule has 0 aliphatic carbocycles. The maximum absolute atomic E-state index is 4.69. The van der Waals surface area contributed by atoms with Gasteiger partial charge in [-0.15, -0.1) is 11.8 Å². The summed E-state index contributed by atoms with van der Waals surface area (Å²) in [4.78, 5) is 10.6. The maximum Gasteiger partial charge on any atom is 0.159 e. The molecule has 3 nitrogen and oxygen atoms in total. The average molecular weight is 301 g/mol. The molecule has 1 aromatic heterocycles. The highest BCUT2D eigenvalue weighted by atomic mass is 32.2. The van der Waals surface area contributed by atoms with Crippen molar-refractivity contribution in [2.45, 2.75) is 32.1 Å². The summed E-state index contributed by atoms with van der Waals surface area (Å²) in [5.41, 5.74) is 4.52. The van der Waals surface area contributed by atoms with Crippen molar-refractivity contribution in [2.75, 3.05) is 19.3 Å². The van der Waals surface area contributed by atoms with Crippen molar-refractivity contribution in [2.24, 2.45) is 0 Å².